The smallest absolute Gasteiger partial charge is 0.326 e. The number of aliphatic hydroxyl groups excluding tert-OH is 1. The molecular weight excluding hydrogens is 488 g/mol. The number of nitrogens with one attached hydrogen (secondary N) is 2. The third-order valence-electron chi connectivity index (χ3n) is 6.00. The SMILES string of the molecule is O=C(O)C(Cc1ccc(O)cc1)NC(=O)N(CCCO)Cc1ccc(-c2ccccc2-c2nn[nH]n2)cc1. The summed E-state index contributed by atoms with van der Waals surface area (Å²) in [5.74, 6) is -0.612. The number of nitrogens with zero attached hydrogens (tertiary/aromatic N) is 4. The second-order valence-corrected chi connectivity index (χ2v) is 8.69. The monoisotopic (exact) mass is 516 g/mol. The second kappa shape index (κ2) is 12.5. The van der Waals surface area contributed by atoms with Gasteiger partial charge in [0.05, 0.1) is 0 Å². The standard InChI is InChI=1S/C27H28N6O5/c34-15-3-14-33(27(38)28-24(26(36)37)16-18-8-12-21(35)13-9-18)17-19-6-10-20(11-7-19)22-4-1-2-5-23(22)25-29-31-32-30-25/h1-2,4-13,24,34-35H,3,14-17H2,(H,28,38)(H,36,37)(H,29,30,31,32). The van der Waals surface area contributed by atoms with Crippen molar-refractivity contribution in [3.8, 4) is 28.3 Å². The number of carbonyl (C=O) groups excluding carboxylic acids is 1. The summed E-state index contributed by atoms with van der Waals surface area (Å²) in [5, 5.41) is 45.3. The molecule has 1 aromatic heterocycles. The summed E-state index contributed by atoms with van der Waals surface area (Å²) in [6.45, 7) is 0.367. The van der Waals surface area contributed by atoms with Gasteiger partial charge < -0.3 is 25.5 Å². The van der Waals surface area contributed by atoms with Crippen molar-refractivity contribution in [3.05, 3.63) is 83.9 Å². The van der Waals surface area contributed by atoms with Crippen molar-refractivity contribution < 1.29 is 24.9 Å². The maximum absolute atomic E-state index is 13.1. The molecule has 4 rings (SSSR count). The number of urea groups is 1. The second-order valence-electron chi connectivity index (χ2n) is 8.69. The number of aromatic amines is 1. The number of aromatic hydroxyl groups is 1. The predicted molar refractivity (Wildman–Crippen MR) is 139 cm³/mol. The minimum absolute atomic E-state index is 0.0592. The number of aliphatic carboxylic acids is 1. The van der Waals surface area contributed by atoms with Crippen LogP contribution in [0, 0.1) is 0 Å². The van der Waals surface area contributed by atoms with Gasteiger partial charge in [0, 0.05) is 31.7 Å². The minimum Gasteiger partial charge on any atom is -0.508 e. The summed E-state index contributed by atoms with van der Waals surface area (Å²) in [7, 11) is 0. The molecule has 4 aromatic rings. The van der Waals surface area contributed by atoms with E-state index in [4.69, 9.17) is 0 Å². The van der Waals surface area contributed by atoms with Gasteiger partial charge in [0.2, 0.25) is 5.82 Å². The van der Waals surface area contributed by atoms with Gasteiger partial charge in [-0.05, 0) is 46.0 Å². The number of H-pyrrole nitrogens is 1. The Kier molecular flexibility index (Phi) is 8.62. The van der Waals surface area contributed by atoms with Crippen LogP contribution in [0.15, 0.2) is 72.8 Å². The molecule has 0 fully saturated rings. The van der Waals surface area contributed by atoms with Gasteiger partial charge in [0.1, 0.15) is 11.8 Å². The molecule has 196 valence electrons. The number of tetrazole rings is 1. The van der Waals surface area contributed by atoms with Crippen LogP contribution in [0.25, 0.3) is 22.5 Å². The van der Waals surface area contributed by atoms with Gasteiger partial charge in [-0.2, -0.15) is 5.21 Å². The maximum Gasteiger partial charge on any atom is 0.326 e. The molecule has 0 bridgehead atoms. The highest BCUT2D eigenvalue weighted by Crippen LogP contribution is 2.29. The highest BCUT2D eigenvalue weighted by Gasteiger charge is 2.24. The first-order valence-corrected chi connectivity index (χ1v) is 12.0. The van der Waals surface area contributed by atoms with Gasteiger partial charge in [-0.3, -0.25) is 0 Å². The molecule has 0 saturated heterocycles. The zero-order valence-corrected chi connectivity index (χ0v) is 20.5. The maximum atomic E-state index is 13.1. The fourth-order valence-corrected chi connectivity index (χ4v) is 4.04. The van der Waals surface area contributed by atoms with Gasteiger partial charge >= 0.3 is 12.0 Å². The number of phenolic OH excluding ortho intramolecular Hbond substituents is 1. The Bertz CT molecular complexity index is 1340. The van der Waals surface area contributed by atoms with Crippen molar-refractivity contribution in [2.75, 3.05) is 13.2 Å². The van der Waals surface area contributed by atoms with E-state index in [1.807, 2.05) is 48.5 Å². The summed E-state index contributed by atoms with van der Waals surface area (Å²) < 4.78 is 0. The molecule has 0 aliphatic rings. The number of rotatable bonds is 11. The number of benzene rings is 3. The summed E-state index contributed by atoms with van der Waals surface area (Å²) in [5.41, 5.74) is 4.18. The van der Waals surface area contributed by atoms with Crippen molar-refractivity contribution in [3.63, 3.8) is 0 Å². The molecule has 1 atom stereocenters. The van der Waals surface area contributed by atoms with E-state index in [1.54, 1.807) is 12.1 Å². The van der Waals surface area contributed by atoms with E-state index < -0.39 is 18.0 Å². The van der Waals surface area contributed by atoms with E-state index >= 15 is 0 Å². The molecule has 2 amide bonds. The summed E-state index contributed by atoms with van der Waals surface area (Å²) >= 11 is 0. The molecular formula is C27H28N6O5. The molecule has 11 heteroatoms. The number of hydrogen-bond acceptors (Lipinski definition) is 7. The Morgan fingerprint density at radius 3 is 2.26 bits per heavy atom. The number of amides is 2. The zero-order valence-electron chi connectivity index (χ0n) is 20.5. The fraction of sp³-hybridized carbons (Fsp3) is 0.222. The van der Waals surface area contributed by atoms with Crippen LogP contribution in [-0.4, -0.2) is 72.0 Å². The van der Waals surface area contributed by atoms with Gasteiger partial charge in [0.15, 0.2) is 0 Å². The van der Waals surface area contributed by atoms with Gasteiger partial charge in [-0.1, -0.05) is 60.7 Å². The zero-order chi connectivity index (χ0) is 26.9. The first-order valence-electron chi connectivity index (χ1n) is 12.0. The van der Waals surface area contributed by atoms with Crippen LogP contribution in [0.5, 0.6) is 5.75 Å². The molecule has 1 unspecified atom stereocenters. The van der Waals surface area contributed by atoms with Gasteiger partial charge in [0.25, 0.3) is 0 Å². The molecule has 11 nitrogen and oxygen atoms in total. The highest BCUT2D eigenvalue weighted by atomic mass is 16.4. The van der Waals surface area contributed by atoms with Crippen molar-refractivity contribution in [1.29, 1.82) is 0 Å². The highest BCUT2D eigenvalue weighted by molar-refractivity contribution is 5.83. The Balaban J connectivity index is 1.48. The van der Waals surface area contributed by atoms with E-state index in [2.05, 4.69) is 25.9 Å². The van der Waals surface area contributed by atoms with Crippen LogP contribution in [0.2, 0.25) is 0 Å². The van der Waals surface area contributed by atoms with Crippen LogP contribution < -0.4 is 5.32 Å². The summed E-state index contributed by atoms with van der Waals surface area (Å²) in [6, 6.07) is 19.8. The van der Waals surface area contributed by atoms with Crippen molar-refractivity contribution in [2.45, 2.75) is 25.4 Å². The normalized spacial score (nSPS) is 11.6. The minimum atomic E-state index is -1.17. The molecule has 0 radical (unpaired) electrons. The molecule has 1 heterocycles. The largest absolute Gasteiger partial charge is 0.508 e. The predicted octanol–water partition coefficient (Wildman–Crippen LogP) is 2.83. The number of phenols is 1. The first kappa shape index (κ1) is 26.3. The topological polar surface area (TPSA) is 165 Å². The lowest BCUT2D eigenvalue weighted by molar-refractivity contribution is -0.139. The Morgan fingerprint density at radius 2 is 1.63 bits per heavy atom. The average molecular weight is 517 g/mol. The van der Waals surface area contributed by atoms with Crippen LogP contribution >= 0.6 is 0 Å². The molecule has 3 aromatic carbocycles. The Morgan fingerprint density at radius 1 is 0.947 bits per heavy atom. The van der Waals surface area contributed by atoms with Crippen molar-refractivity contribution >= 4 is 12.0 Å². The molecule has 0 aliphatic heterocycles. The number of carboxylic acid groups (broad SMARTS) is 1. The van der Waals surface area contributed by atoms with Crippen molar-refractivity contribution in [2.24, 2.45) is 0 Å². The lowest BCUT2D eigenvalue weighted by Gasteiger charge is -2.25. The third-order valence-corrected chi connectivity index (χ3v) is 6.00. The summed E-state index contributed by atoms with van der Waals surface area (Å²) in [4.78, 5) is 26.4. The molecule has 0 spiro atoms. The molecule has 0 aliphatic carbocycles. The number of carbonyl (C=O) groups is 2. The number of hydrogen-bond donors (Lipinski definition) is 5. The van der Waals surface area contributed by atoms with Gasteiger partial charge in [-0.15, -0.1) is 10.2 Å². The lowest BCUT2D eigenvalue weighted by atomic mass is 9.98. The average Bonchev–Trinajstić information content (AvgIpc) is 3.47. The third kappa shape index (κ3) is 6.71. The van der Waals surface area contributed by atoms with Crippen molar-refractivity contribution in [1.82, 2.24) is 30.8 Å². The Labute approximate surface area is 218 Å². The Hall–Kier alpha value is -4.77. The van der Waals surface area contributed by atoms with E-state index in [0.29, 0.717) is 17.8 Å². The van der Waals surface area contributed by atoms with E-state index in [1.165, 1.54) is 17.0 Å². The summed E-state index contributed by atoms with van der Waals surface area (Å²) in [6.07, 6.45) is 0.406. The van der Waals surface area contributed by atoms with Gasteiger partial charge in [-0.25, -0.2) is 9.59 Å². The molecule has 0 saturated carbocycles. The first-order chi connectivity index (χ1) is 18.4. The van der Waals surface area contributed by atoms with E-state index in [9.17, 15) is 24.9 Å². The van der Waals surface area contributed by atoms with Crippen LogP contribution in [0.4, 0.5) is 4.79 Å². The number of carboxylic acids is 1. The van der Waals surface area contributed by atoms with E-state index in [0.717, 1.165) is 22.3 Å². The van der Waals surface area contributed by atoms with Crippen LogP contribution in [0.3, 0.4) is 0 Å². The number of aromatic nitrogens is 4. The quantitative estimate of drug-likeness (QED) is 0.203. The lowest BCUT2D eigenvalue weighted by Crippen LogP contribution is -2.49. The molecule has 38 heavy (non-hydrogen) atoms. The van der Waals surface area contributed by atoms with E-state index in [-0.39, 0.29) is 31.9 Å². The number of aliphatic hydroxyl groups is 1. The van der Waals surface area contributed by atoms with Crippen LogP contribution in [-0.2, 0) is 17.8 Å². The molecule has 5 N–H and O–H groups in total. The van der Waals surface area contributed by atoms with Crippen LogP contribution in [0.1, 0.15) is 17.5 Å². The fourth-order valence-electron chi connectivity index (χ4n) is 4.04.